The summed E-state index contributed by atoms with van der Waals surface area (Å²) in [6.07, 6.45) is 3.07. The molecular weight excluding hydrogens is 384 g/mol. The molecule has 1 N–H and O–H groups in total. The van der Waals surface area contributed by atoms with Crippen molar-refractivity contribution in [2.75, 3.05) is 6.61 Å². The molecule has 0 saturated heterocycles. The highest BCUT2D eigenvalue weighted by molar-refractivity contribution is 5.85. The molecule has 1 aliphatic carbocycles. The van der Waals surface area contributed by atoms with Gasteiger partial charge < -0.3 is 14.4 Å². The zero-order chi connectivity index (χ0) is 19.7. The summed E-state index contributed by atoms with van der Waals surface area (Å²) in [6.45, 7) is 7.29. The fourth-order valence-electron chi connectivity index (χ4n) is 4.11. The maximum Gasteiger partial charge on any atom is 0.119 e. The standard InChI is InChI=1S/C24H30N2O2.ClH/c1-16(2)21-12-11-20(13-17(21)3)28-15-19(27)14-26-23-10-5-4-9-22(23)25-24(26)18-7-6-8-18;/h4-5,9-13,16,18-19,27H,6-8,14-15H2,1-3H3;1H. The lowest BCUT2D eigenvalue weighted by atomic mass is 9.85. The summed E-state index contributed by atoms with van der Waals surface area (Å²) in [7, 11) is 0. The molecule has 3 aromatic rings. The number of hydrogen-bond acceptors (Lipinski definition) is 3. The van der Waals surface area contributed by atoms with Gasteiger partial charge in [0.25, 0.3) is 0 Å². The molecule has 156 valence electrons. The number of imidazole rings is 1. The van der Waals surface area contributed by atoms with Crippen LogP contribution < -0.4 is 4.74 Å². The van der Waals surface area contributed by atoms with Gasteiger partial charge in [0.1, 0.15) is 24.3 Å². The highest BCUT2D eigenvalue weighted by atomic mass is 35.5. The quantitative estimate of drug-likeness (QED) is 0.547. The smallest absolute Gasteiger partial charge is 0.119 e. The Morgan fingerprint density at radius 2 is 1.93 bits per heavy atom. The Hall–Kier alpha value is -2.04. The minimum absolute atomic E-state index is 0. The van der Waals surface area contributed by atoms with E-state index in [0.29, 0.717) is 18.4 Å². The molecule has 1 fully saturated rings. The lowest BCUT2D eigenvalue weighted by Crippen LogP contribution is -2.26. The zero-order valence-corrected chi connectivity index (χ0v) is 18.3. The molecule has 1 atom stereocenters. The molecule has 29 heavy (non-hydrogen) atoms. The van der Waals surface area contributed by atoms with Crippen LogP contribution in [-0.4, -0.2) is 27.4 Å². The predicted molar refractivity (Wildman–Crippen MR) is 120 cm³/mol. The molecule has 4 rings (SSSR count). The Kier molecular flexibility index (Phi) is 6.86. The van der Waals surface area contributed by atoms with Gasteiger partial charge in [0, 0.05) is 5.92 Å². The van der Waals surface area contributed by atoms with Crippen molar-refractivity contribution in [3.8, 4) is 5.75 Å². The number of ether oxygens (including phenoxy) is 1. The number of aliphatic hydroxyl groups excluding tert-OH is 1. The first-order valence-electron chi connectivity index (χ1n) is 10.4. The van der Waals surface area contributed by atoms with E-state index in [1.54, 1.807) is 0 Å². The molecule has 1 aromatic heterocycles. The summed E-state index contributed by atoms with van der Waals surface area (Å²) in [5, 5.41) is 10.7. The molecule has 0 aliphatic heterocycles. The van der Waals surface area contributed by atoms with E-state index in [4.69, 9.17) is 9.72 Å². The van der Waals surface area contributed by atoms with Crippen molar-refractivity contribution in [2.45, 2.75) is 64.5 Å². The Morgan fingerprint density at radius 1 is 1.17 bits per heavy atom. The number of hydrogen-bond donors (Lipinski definition) is 1. The average Bonchev–Trinajstić information content (AvgIpc) is 2.96. The van der Waals surface area contributed by atoms with Crippen molar-refractivity contribution in [3.05, 3.63) is 59.4 Å². The predicted octanol–water partition coefficient (Wildman–Crippen LogP) is 5.60. The molecule has 1 aliphatic rings. The monoisotopic (exact) mass is 414 g/mol. The zero-order valence-electron chi connectivity index (χ0n) is 17.5. The summed E-state index contributed by atoms with van der Waals surface area (Å²) < 4.78 is 8.10. The van der Waals surface area contributed by atoms with Crippen molar-refractivity contribution in [1.82, 2.24) is 9.55 Å². The molecule has 1 heterocycles. The molecule has 1 saturated carbocycles. The Bertz CT molecular complexity index is 963. The number of aryl methyl sites for hydroxylation is 1. The van der Waals surface area contributed by atoms with Crippen molar-refractivity contribution in [3.63, 3.8) is 0 Å². The van der Waals surface area contributed by atoms with E-state index in [1.165, 1.54) is 30.4 Å². The molecule has 2 aromatic carbocycles. The van der Waals surface area contributed by atoms with E-state index in [1.807, 2.05) is 18.2 Å². The van der Waals surface area contributed by atoms with E-state index in [2.05, 4.69) is 49.6 Å². The number of nitrogens with zero attached hydrogens (tertiary/aromatic N) is 2. The van der Waals surface area contributed by atoms with Gasteiger partial charge in [0.05, 0.1) is 17.6 Å². The second-order valence-corrected chi connectivity index (χ2v) is 8.34. The van der Waals surface area contributed by atoms with Crippen LogP contribution in [0.2, 0.25) is 0 Å². The van der Waals surface area contributed by atoms with E-state index >= 15 is 0 Å². The van der Waals surface area contributed by atoms with Crippen LogP contribution in [0.3, 0.4) is 0 Å². The maximum atomic E-state index is 10.7. The largest absolute Gasteiger partial charge is 0.491 e. The van der Waals surface area contributed by atoms with Crippen LogP contribution in [0.4, 0.5) is 0 Å². The number of para-hydroxylation sites is 2. The van der Waals surface area contributed by atoms with Crippen molar-refractivity contribution in [1.29, 1.82) is 0 Å². The van der Waals surface area contributed by atoms with E-state index in [0.717, 1.165) is 22.6 Å². The lowest BCUT2D eigenvalue weighted by Gasteiger charge is -2.26. The number of halogens is 1. The molecule has 0 spiro atoms. The average molecular weight is 415 g/mol. The highest BCUT2D eigenvalue weighted by Gasteiger charge is 2.26. The van der Waals surface area contributed by atoms with Crippen molar-refractivity contribution < 1.29 is 9.84 Å². The summed E-state index contributed by atoms with van der Waals surface area (Å²) in [5.41, 5.74) is 4.68. The Balaban J connectivity index is 0.00000240. The van der Waals surface area contributed by atoms with Crippen LogP contribution in [-0.2, 0) is 6.54 Å². The number of aromatic nitrogens is 2. The van der Waals surface area contributed by atoms with E-state index < -0.39 is 6.10 Å². The van der Waals surface area contributed by atoms with Gasteiger partial charge in [-0.3, -0.25) is 0 Å². The third-order valence-corrected chi connectivity index (χ3v) is 5.85. The Morgan fingerprint density at radius 3 is 2.59 bits per heavy atom. The first-order valence-corrected chi connectivity index (χ1v) is 10.4. The lowest BCUT2D eigenvalue weighted by molar-refractivity contribution is 0.0919. The summed E-state index contributed by atoms with van der Waals surface area (Å²) >= 11 is 0. The van der Waals surface area contributed by atoms with Crippen LogP contribution in [0.15, 0.2) is 42.5 Å². The minimum Gasteiger partial charge on any atom is -0.491 e. The van der Waals surface area contributed by atoms with Gasteiger partial charge in [-0.05, 0) is 61.1 Å². The fourth-order valence-corrected chi connectivity index (χ4v) is 4.11. The molecule has 5 heteroatoms. The van der Waals surface area contributed by atoms with Gasteiger partial charge in [-0.2, -0.15) is 0 Å². The van der Waals surface area contributed by atoms with E-state index in [-0.39, 0.29) is 19.0 Å². The summed E-state index contributed by atoms with van der Waals surface area (Å²) in [4.78, 5) is 4.85. The molecule has 4 nitrogen and oxygen atoms in total. The highest BCUT2D eigenvalue weighted by Crippen LogP contribution is 2.37. The molecule has 0 bridgehead atoms. The normalized spacial score (nSPS) is 15.2. The first kappa shape index (κ1) is 21.7. The van der Waals surface area contributed by atoms with Crippen molar-refractivity contribution >= 4 is 23.4 Å². The molecule has 0 radical (unpaired) electrons. The summed E-state index contributed by atoms with van der Waals surface area (Å²) in [6, 6.07) is 14.4. The van der Waals surface area contributed by atoms with Crippen LogP contribution in [0, 0.1) is 6.92 Å². The minimum atomic E-state index is -0.582. The fraction of sp³-hybridized carbons (Fsp3) is 0.458. The third kappa shape index (κ3) is 4.59. The topological polar surface area (TPSA) is 47.3 Å². The van der Waals surface area contributed by atoms with Gasteiger partial charge in [-0.15, -0.1) is 12.4 Å². The van der Waals surface area contributed by atoms with Gasteiger partial charge >= 0.3 is 0 Å². The van der Waals surface area contributed by atoms with Gasteiger partial charge in [0.2, 0.25) is 0 Å². The maximum absolute atomic E-state index is 10.7. The van der Waals surface area contributed by atoms with Crippen LogP contribution >= 0.6 is 12.4 Å². The number of fused-ring (bicyclic) bond motifs is 1. The third-order valence-electron chi connectivity index (χ3n) is 5.85. The van der Waals surface area contributed by atoms with Crippen LogP contribution in [0.25, 0.3) is 11.0 Å². The second kappa shape index (κ2) is 9.19. The van der Waals surface area contributed by atoms with E-state index in [9.17, 15) is 5.11 Å². The molecule has 1 unspecified atom stereocenters. The number of rotatable bonds is 7. The first-order chi connectivity index (χ1) is 13.5. The Labute approximate surface area is 179 Å². The van der Waals surface area contributed by atoms with Crippen LogP contribution in [0.5, 0.6) is 5.75 Å². The number of aliphatic hydroxyl groups is 1. The summed E-state index contributed by atoms with van der Waals surface area (Å²) in [5.74, 6) is 2.95. The van der Waals surface area contributed by atoms with Gasteiger partial charge in [0.15, 0.2) is 0 Å². The van der Waals surface area contributed by atoms with Crippen LogP contribution in [0.1, 0.15) is 61.9 Å². The molecule has 0 amide bonds. The molecular formula is C24H31ClN2O2. The van der Waals surface area contributed by atoms with Crippen molar-refractivity contribution in [2.24, 2.45) is 0 Å². The SMILES string of the molecule is Cc1cc(OCC(O)Cn2c(C3CCC3)nc3ccccc32)ccc1C(C)C.Cl. The van der Waals surface area contributed by atoms with Gasteiger partial charge in [-0.1, -0.05) is 38.5 Å². The van der Waals surface area contributed by atoms with Gasteiger partial charge in [-0.25, -0.2) is 4.98 Å². The number of benzene rings is 2. The second-order valence-electron chi connectivity index (χ2n) is 8.34.